The minimum Gasteiger partial charge on any atom is -0.481 e. The van der Waals surface area contributed by atoms with Gasteiger partial charge < -0.3 is 5.11 Å². The van der Waals surface area contributed by atoms with Crippen molar-refractivity contribution < 1.29 is 9.90 Å². The van der Waals surface area contributed by atoms with Crippen molar-refractivity contribution in [2.24, 2.45) is 0 Å². The van der Waals surface area contributed by atoms with Crippen LogP contribution < -0.4 is 0 Å². The standard InChI is InChI=1S/C13H10BrClO2S/c14-9-3-1-2-8(6-9)11(13(16)17)7-10-4-5-12(15)18-10/h1-6,11H,7H2,(H,16,17). The summed E-state index contributed by atoms with van der Waals surface area (Å²) in [6.45, 7) is 0. The molecule has 0 fully saturated rings. The summed E-state index contributed by atoms with van der Waals surface area (Å²) >= 11 is 10.6. The van der Waals surface area contributed by atoms with Gasteiger partial charge in [0.2, 0.25) is 0 Å². The number of hydrogen-bond donors (Lipinski definition) is 1. The van der Waals surface area contributed by atoms with Crippen molar-refractivity contribution in [3.05, 3.63) is 55.6 Å². The number of carboxylic acids is 1. The van der Waals surface area contributed by atoms with Crippen LogP contribution in [0.15, 0.2) is 40.9 Å². The first-order valence-electron chi connectivity index (χ1n) is 5.29. The molecule has 0 radical (unpaired) electrons. The molecule has 2 nitrogen and oxygen atoms in total. The highest BCUT2D eigenvalue weighted by atomic mass is 79.9. The molecule has 1 unspecified atom stereocenters. The molecule has 1 aromatic heterocycles. The van der Waals surface area contributed by atoms with Gasteiger partial charge in [-0.1, -0.05) is 39.7 Å². The Labute approximate surface area is 122 Å². The van der Waals surface area contributed by atoms with Crippen molar-refractivity contribution in [1.82, 2.24) is 0 Å². The maximum atomic E-state index is 11.4. The molecule has 94 valence electrons. The van der Waals surface area contributed by atoms with Gasteiger partial charge in [0.25, 0.3) is 0 Å². The number of thiophene rings is 1. The molecule has 0 amide bonds. The summed E-state index contributed by atoms with van der Waals surface area (Å²) in [5.74, 6) is -1.37. The molecule has 0 saturated carbocycles. The molecule has 1 aromatic carbocycles. The number of halogens is 2. The van der Waals surface area contributed by atoms with Crippen LogP contribution in [0.25, 0.3) is 0 Å². The average molecular weight is 346 g/mol. The lowest BCUT2D eigenvalue weighted by Gasteiger charge is -2.12. The summed E-state index contributed by atoms with van der Waals surface area (Å²) in [6.07, 6.45) is 0.461. The van der Waals surface area contributed by atoms with Crippen molar-refractivity contribution in [3.8, 4) is 0 Å². The van der Waals surface area contributed by atoms with Gasteiger partial charge in [-0.2, -0.15) is 0 Å². The molecule has 1 N–H and O–H groups in total. The van der Waals surface area contributed by atoms with Crippen LogP contribution in [0.3, 0.4) is 0 Å². The summed E-state index contributed by atoms with van der Waals surface area (Å²) in [6, 6.07) is 11.1. The quantitative estimate of drug-likeness (QED) is 0.881. The van der Waals surface area contributed by atoms with Crippen LogP contribution in [0.2, 0.25) is 4.34 Å². The molecule has 0 aliphatic rings. The summed E-state index contributed by atoms with van der Waals surface area (Å²) < 4.78 is 1.57. The van der Waals surface area contributed by atoms with Crippen LogP contribution in [0.5, 0.6) is 0 Å². The number of carbonyl (C=O) groups is 1. The van der Waals surface area contributed by atoms with Gasteiger partial charge in [-0.15, -0.1) is 11.3 Å². The third-order valence-corrected chi connectivity index (χ3v) is 4.33. The van der Waals surface area contributed by atoms with E-state index in [9.17, 15) is 9.90 Å². The predicted octanol–water partition coefficient (Wildman–Crippen LogP) is 4.57. The molecule has 0 saturated heterocycles. The van der Waals surface area contributed by atoms with Gasteiger partial charge >= 0.3 is 5.97 Å². The molecule has 0 aliphatic heterocycles. The van der Waals surface area contributed by atoms with Crippen molar-refractivity contribution in [2.45, 2.75) is 12.3 Å². The van der Waals surface area contributed by atoms with Gasteiger partial charge in [0.1, 0.15) is 0 Å². The Hall–Kier alpha value is -0.840. The van der Waals surface area contributed by atoms with E-state index in [-0.39, 0.29) is 0 Å². The number of rotatable bonds is 4. The Balaban J connectivity index is 2.26. The number of carboxylic acid groups (broad SMARTS) is 1. The normalized spacial score (nSPS) is 12.3. The van der Waals surface area contributed by atoms with E-state index in [4.69, 9.17) is 11.6 Å². The maximum Gasteiger partial charge on any atom is 0.311 e. The minimum absolute atomic E-state index is 0.461. The molecule has 2 rings (SSSR count). The van der Waals surface area contributed by atoms with Crippen LogP contribution in [-0.2, 0) is 11.2 Å². The lowest BCUT2D eigenvalue weighted by Crippen LogP contribution is -2.13. The highest BCUT2D eigenvalue weighted by molar-refractivity contribution is 9.10. The Morgan fingerprint density at radius 1 is 1.39 bits per heavy atom. The van der Waals surface area contributed by atoms with Gasteiger partial charge in [-0.05, 0) is 36.2 Å². The predicted molar refractivity (Wildman–Crippen MR) is 77.6 cm³/mol. The molecule has 1 atom stereocenters. The summed E-state index contributed by atoms with van der Waals surface area (Å²) in [4.78, 5) is 12.4. The van der Waals surface area contributed by atoms with Gasteiger partial charge in [0.05, 0.1) is 10.3 Å². The van der Waals surface area contributed by atoms with Gasteiger partial charge in [-0.3, -0.25) is 4.79 Å². The second-order valence-corrected chi connectivity index (χ2v) is 6.57. The SMILES string of the molecule is O=C(O)C(Cc1ccc(Cl)s1)c1cccc(Br)c1. The Morgan fingerprint density at radius 2 is 2.17 bits per heavy atom. The third kappa shape index (κ3) is 3.34. The Kier molecular flexibility index (Phi) is 4.43. The van der Waals surface area contributed by atoms with E-state index >= 15 is 0 Å². The average Bonchev–Trinajstić information content (AvgIpc) is 2.71. The summed E-state index contributed by atoms with van der Waals surface area (Å²) in [5, 5.41) is 9.34. The van der Waals surface area contributed by atoms with Crippen molar-refractivity contribution in [1.29, 1.82) is 0 Å². The molecule has 5 heteroatoms. The molecule has 0 spiro atoms. The van der Waals surface area contributed by atoms with Gasteiger partial charge in [0.15, 0.2) is 0 Å². The molecular formula is C13H10BrClO2S. The first-order valence-corrected chi connectivity index (χ1v) is 7.27. The smallest absolute Gasteiger partial charge is 0.311 e. The van der Waals surface area contributed by atoms with E-state index in [1.807, 2.05) is 30.3 Å². The molecule has 0 aliphatic carbocycles. The number of aliphatic carboxylic acids is 1. The first kappa shape index (κ1) is 13.6. The second-order valence-electron chi connectivity index (χ2n) is 3.86. The Bertz CT molecular complexity index is 568. The minimum atomic E-state index is -0.822. The lowest BCUT2D eigenvalue weighted by atomic mass is 9.95. The summed E-state index contributed by atoms with van der Waals surface area (Å²) in [7, 11) is 0. The zero-order valence-corrected chi connectivity index (χ0v) is 12.4. The monoisotopic (exact) mass is 344 g/mol. The highest BCUT2D eigenvalue weighted by Gasteiger charge is 2.21. The molecular weight excluding hydrogens is 336 g/mol. The fraction of sp³-hybridized carbons (Fsp3) is 0.154. The lowest BCUT2D eigenvalue weighted by molar-refractivity contribution is -0.138. The van der Waals surface area contributed by atoms with Crippen molar-refractivity contribution >= 4 is 44.8 Å². The van der Waals surface area contributed by atoms with E-state index in [0.29, 0.717) is 10.8 Å². The number of benzene rings is 1. The van der Waals surface area contributed by atoms with E-state index in [1.54, 1.807) is 6.07 Å². The largest absolute Gasteiger partial charge is 0.481 e. The third-order valence-electron chi connectivity index (χ3n) is 2.58. The van der Waals surface area contributed by atoms with E-state index in [0.717, 1.165) is 14.9 Å². The fourth-order valence-corrected chi connectivity index (χ4v) is 3.28. The topological polar surface area (TPSA) is 37.3 Å². The number of hydrogen-bond acceptors (Lipinski definition) is 2. The highest BCUT2D eigenvalue weighted by Crippen LogP contribution is 2.29. The van der Waals surface area contributed by atoms with Crippen LogP contribution in [0.1, 0.15) is 16.4 Å². The maximum absolute atomic E-state index is 11.4. The molecule has 0 bridgehead atoms. The molecule has 18 heavy (non-hydrogen) atoms. The van der Waals surface area contributed by atoms with Gasteiger partial charge in [-0.25, -0.2) is 0 Å². The van der Waals surface area contributed by atoms with E-state index in [2.05, 4.69) is 15.9 Å². The van der Waals surface area contributed by atoms with E-state index in [1.165, 1.54) is 11.3 Å². The van der Waals surface area contributed by atoms with Gasteiger partial charge in [0, 0.05) is 9.35 Å². The zero-order chi connectivity index (χ0) is 13.1. The van der Waals surface area contributed by atoms with Crippen LogP contribution in [-0.4, -0.2) is 11.1 Å². The molecule has 1 heterocycles. The van der Waals surface area contributed by atoms with Crippen molar-refractivity contribution in [3.63, 3.8) is 0 Å². The van der Waals surface area contributed by atoms with E-state index < -0.39 is 11.9 Å². The Morgan fingerprint density at radius 3 is 2.72 bits per heavy atom. The first-order chi connectivity index (χ1) is 8.56. The second kappa shape index (κ2) is 5.87. The molecule has 2 aromatic rings. The van der Waals surface area contributed by atoms with Crippen LogP contribution >= 0.6 is 38.9 Å². The van der Waals surface area contributed by atoms with Crippen LogP contribution in [0.4, 0.5) is 0 Å². The van der Waals surface area contributed by atoms with Crippen LogP contribution in [0, 0.1) is 0 Å². The fourth-order valence-electron chi connectivity index (χ4n) is 1.73. The summed E-state index contributed by atoms with van der Waals surface area (Å²) in [5.41, 5.74) is 0.793. The van der Waals surface area contributed by atoms with Crippen molar-refractivity contribution in [2.75, 3.05) is 0 Å². The zero-order valence-electron chi connectivity index (χ0n) is 9.27.